The van der Waals surface area contributed by atoms with Crippen LogP contribution in [0.1, 0.15) is 328 Å². The van der Waals surface area contributed by atoms with Gasteiger partial charge in [0.25, 0.3) is 0 Å². The van der Waals surface area contributed by atoms with E-state index in [2.05, 4.69) is 79.9 Å². The lowest BCUT2D eigenvalue weighted by molar-refractivity contribution is -0.870. The zero-order valence-electron chi connectivity index (χ0n) is 53.1. The van der Waals surface area contributed by atoms with E-state index in [1.165, 1.54) is 231 Å². The predicted octanol–water partition coefficient (Wildman–Crippen LogP) is 21.6. The fourth-order valence-corrected chi connectivity index (χ4v) is 11.0. The zero-order valence-corrected chi connectivity index (χ0v) is 54.0. The number of aliphatic hydroxyl groups is 1. The predicted molar refractivity (Wildman–Crippen MR) is 346 cm³/mol. The Labute approximate surface area is 492 Å². The van der Waals surface area contributed by atoms with Crippen molar-refractivity contribution in [1.82, 2.24) is 5.32 Å². The van der Waals surface area contributed by atoms with Crippen LogP contribution in [0, 0.1) is 0 Å². The first kappa shape index (κ1) is 77.2. The van der Waals surface area contributed by atoms with E-state index in [9.17, 15) is 19.4 Å². The lowest BCUT2D eigenvalue weighted by Crippen LogP contribution is -2.46. The van der Waals surface area contributed by atoms with Gasteiger partial charge in [-0.05, 0) is 57.8 Å². The molecule has 0 saturated carbocycles. The van der Waals surface area contributed by atoms with Crippen LogP contribution >= 0.6 is 7.82 Å². The highest BCUT2D eigenvalue weighted by atomic mass is 31.2. The Balaban J connectivity index is 3.87. The summed E-state index contributed by atoms with van der Waals surface area (Å²) in [4.78, 5) is 23.4. The minimum atomic E-state index is -4.32. The van der Waals surface area contributed by atoms with Crippen LogP contribution in [0.25, 0.3) is 0 Å². The highest BCUT2D eigenvalue weighted by Crippen LogP contribution is 2.43. The monoisotopic (exact) mass is 1130 g/mol. The molecule has 0 rings (SSSR count). The van der Waals surface area contributed by atoms with E-state index in [-0.39, 0.29) is 19.1 Å². The fraction of sp³-hybridized carbons (Fsp3) is 0.843. The molecule has 0 aromatic carbocycles. The van der Waals surface area contributed by atoms with Gasteiger partial charge in [0, 0.05) is 6.42 Å². The smallest absolute Gasteiger partial charge is 0.391 e. The number of nitrogens with zero attached hydrogens (tertiary/aromatic N) is 1. The average Bonchev–Trinajstić information content (AvgIpc) is 3.42. The molecule has 3 unspecified atom stereocenters. The largest absolute Gasteiger partial charge is 0.472 e. The number of hydrogen-bond donors (Lipinski definition) is 3. The van der Waals surface area contributed by atoms with Gasteiger partial charge in [-0.25, -0.2) is 4.57 Å². The second-order valence-corrected chi connectivity index (χ2v) is 26.0. The molecule has 0 aliphatic heterocycles. The summed E-state index contributed by atoms with van der Waals surface area (Å²) in [7, 11) is 1.63. The van der Waals surface area contributed by atoms with E-state index in [0.29, 0.717) is 23.9 Å². The molecule has 0 aromatic heterocycles. The van der Waals surface area contributed by atoms with Crippen LogP contribution in [0.4, 0.5) is 0 Å². The third kappa shape index (κ3) is 63.6. The van der Waals surface area contributed by atoms with Crippen molar-refractivity contribution in [1.29, 1.82) is 0 Å². The van der Waals surface area contributed by atoms with Crippen LogP contribution in [0.15, 0.2) is 60.8 Å². The van der Waals surface area contributed by atoms with Gasteiger partial charge in [-0.15, -0.1) is 0 Å². The molecule has 0 spiro atoms. The third-order valence-electron chi connectivity index (χ3n) is 15.5. The van der Waals surface area contributed by atoms with Crippen molar-refractivity contribution in [2.45, 2.75) is 341 Å². The van der Waals surface area contributed by atoms with Crippen molar-refractivity contribution in [3.8, 4) is 0 Å². The van der Waals surface area contributed by atoms with Gasteiger partial charge in [-0.3, -0.25) is 13.8 Å². The first-order valence-electron chi connectivity index (χ1n) is 34.2. The van der Waals surface area contributed by atoms with Gasteiger partial charge in [0.15, 0.2) is 0 Å². The maximum Gasteiger partial charge on any atom is 0.472 e. The Bertz CT molecular complexity index is 1470. The van der Waals surface area contributed by atoms with Crippen molar-refractivity contribution in [3.05, 3.63) is 60.8 Å². The van der Waals surface area contributed by atoms with Crippen LogP contribution < -0.4 is 5.32 Å². The number of carbonyl (C=O) groups is 1. The first-order valence-corrected chi connectivity index (χ1v) is 35.6. The molecule has 464 valence electrons. The molecule has 0 heterocycles. The maximum absolute atomic E-state index is 13.0. The summed E-state index contributed by atoms with van der Waals surface area (Å²) in [5, 5.41) is 14.1. The number of phosphoric acid groups is 1. The molecule has 3 atom stereocenters. The first-order chi connectivity index (χ1) is 38.5. The number of unbranched alkanes of at least 4 members (excludes halogenated alkanes) is 40. The maximum atomic E-state index is 13.0. The molecule has 79 heavy (non-hydrogen) atoms. The van der Waals surface area contributed by atoms with Gasteiger partial charge in [-0.2, -0.15) is 0 Å². The second-order valence-electron chi connectivity index (χ2n) is 24.5. The number of allylic oxidation sites excluding steroid dienone is 10. The Morgan fingerprint density at radius 2 is 0.759 bits per heavy atom. The molecular weight excluding hydrogens is 996 g/mol. The molecule has 9 heteroatoms. The van der Waals surface area contributed by atoms with Gasteiger partial charge in [0.1, 0.15) is 13.2 Å². The number of aliphatic hydroxyl groups excluding tert-OH is 1. The van der Waals surface area contributed by atoms with Crippen molar-refractivity contribution in [2.24, 2.45) is 0 Å². The van der Waals surface area contributed by atoms with Crippen molar-refractivity contribution in [3.63, 3.8) is 0 Å². The molecule has 0 radical (unpaired) electrons. The molecular formula is C70H134N2O6P+. The van der Waals surface area contributed by atoms with E-state index in [0.717, 1.165) is 70.6 Å². The number of rotatable bonds is 63. The minimum absolute atomic E-state index is 0.0764. The second kappa shape index (κ2) is 60.8. The van der Waals surface area contributed by atoms with Gasteiger partial charge in [0.2, 0.25) is 5.91 Å². The fourth-order valence-electron chi connectivity index (χ4n) is 10.3. The lowest BCUT2D eigenvalue weighted by atomic mass is 10.0. The average molecular weight is 1130 g/mol. The van der Waals surface area contributed by atoms with E-state index >= 15 is 0 Å². The Kier molecular flexibility index (Phi) is 59.4. The van der Waals surface area contributed by atoms with Crippen LogP contribution in [-0.2, 0) is 18.4 Å². The number of phosphoric ester groups is 1. The molecule has 0 aliphatic rings. The number of likely N-dealkylation sites (N-methyl/N-ethyl adjacent to an activating group) is 1. The van der Waals surface area contributed by atoms with E-state index < -0.39 is 20.0 Å². The molecule has 8 nitrogen and oxygen atoms in total. The summed E-state index contributed by atoms with van der Waals surface area (Å²) in [6.45, 7) is 4.81. The number of nitrogens with one attached hydrogen (secondary N) is 1. The van der Waals surface area contributed by atoms with E-state index in [1.54, 1.807) is 0 Å². The number of quaternary nitrogens is 1. The number of amides is 1. The SMILES string of the molecule is CC/C=C\C/C=C\C/C=C\C/C=C\C/C=C\CCCCCCCCCCCCCCCCCCCCCCCCCCCC(=O)NC(COP(=O)(O)OCC[N+](C)(C)C)C(O)CCCCCCCCCCCCCCCCCC. The van der Waals surface area contributed by atoms with Gasteiger partial charge in [0.05, 0.1) is 39.9 Å². The summed E-state index contributed by atoms with van der Waals surface area (Å²) in [6, 6.07) is -0.759. The van der Waals surface area contributed by atoms with Gasteiger partial charge in [-0.1, -0.05) is 325 Å². The topological polar surface area (TPSA) is 105 Å². The quantitative estimate of drug-likeness (QED) is 0.0243. The lowest BCUT2D eigenvalue weighted by Gasteiger charge is -2.26. The third-order valence-corrected chi connectivity index (χ3v) is 16.5. The van der Waals surface area contributed by atoms with Crippen molar-refractivity contribution < 1.29 is 32.9 Å². The Hall–Kier alpha value is -1.80. The van der Waals surface area contributed by atoms with Crippen LogP contribution in [0.3, 0.4) is 0 Å². The molecule has 0 aliphatic carbocycles. The van der Waals surface area contributed by atoms with Gasteiger partial charge < -0.3 is 19.8 Å². The number of carbonyl (C=O) groups excluding carboxylic acids is 1. The Morgan fingerprint density at radius 1 is 0.443 bits per heavy atom. The summed E-state index contributed by atoms with van der Waals surface area (Å²) in [6.07, 6.45) is 83.3. The molecule has 0 fully saturated rings. The van der Waals surface area contributed by atoms with E-state index in [4.69, 9.17) is 9.05 Å². The zero-order chi connectivity index (χ0) is 57.7. The normalized spacial score (nSPS) is 14.1. The molecule has 3 N–H and O–H groups in total. The summed E-state index contributed by atoms with van der Waals surface area (Å²) >= 11 is 0. The van der Waals surface area contributed by atoms with E-state index in [1.807, 2.05) is 21.1 Å². The van der Waals surface area contributed by atoms with Crippen molar-refractivity contribution >= 4 is 13.7 Å². The van der Waals surface area contributed by atoms with Crippen LogP contribution in [0.5, 0.6) is 0 Å². The highest BCUT2D eigenvalue weighted by Gasteiger charge is 2.28. The molecule has 1 amide bonds. The highest BCUT2D eigenvalue weighted by molar-refractivity contribution is 7.47. The Morgan fingerprint density at radius 3 is 1.11 bits per heavy atom. The van der Waals surface area contributed by atoms with Gasteiger partial charge >= 0.3 is 7.82 Å². The standard InChI is InChI=1S/C70H133N2O6P/c1-6-8-10-12-14-16-18-20-22-24-25-26-27-28-29-30-31-32-33-34-35-36-37-38-39-40-41-42-43-44-45-46-47-48-50-52-54-56-58-60-62-64-70(74)71-68(67-78-79(75,76)77-66-65-72(3,4)5)69(73)63-61-59-57-55-53-51-49-23-21-19-17-15-13-11-9-7-2/h8,10,14,16,20,22,25-26,28-29,68-69,73H,6-7,9,11-13,15,17-19,21,23-24,27,30-67H2,1-5H3,(H-,71,74,75,76)/p+1/b10-8-,16-14-,22-20-,26-25-,29-28-. The molecule has 0 saturated heterocycles. The van der Waals surface area contributed by atoms with Crippen molar-refractivity contribution in [2.75, 3.05) is 40.9 Å². The molecule has 0 bridgehead atoms. The van der Waals surface area contributed by atoms with Crippen LogP contribution in [-0.4, -0.2) is 73.4 Å². The molecule has 0 aromatic rings. The summed E-state index contributed by atoms with van der Waals surface area (Å²) in [5.74, 6) is -0.138. The number of hydrogen-bond acceptors (Lipinski definition) is 5. The van der Waals surface area contributed by atoms with Crippen LogP contribution in [0.2, 0.25) is 0 Å². The minimum Gasteiger partial charge on any atom is -0.391 e. The summed E-state index contributed by atoms with van der Waals surface area (Å²) < 4.78 is 23.8. The summed E-state index contributed by atoms with van der Waals surface area (Å²) in [5.41, 5.74) is 0.